The lowest BCUT2D eigenvalue weighted by molar-refractivity contribution is 0.0285. The summed E-state index contributed by atoms with van der Waals surface area (Å²) in [5, 5.41) is 0. The largest absolute Gasteiger partial charge is 0.444 e. The van der Waals surface area contributed by atoms with Gasteiger partial charge in [-0.3, -0.25) is 4.98 Å². The average molecular weight is 315 g/mol. The fourth-order valence-corrected chi connectivity index (χ4v) is 1.84. The fraction of sp³-hybridized carbons (Fsp3) is 0.375. The van der Waals surface area contributed by atoms with Crippen LogP contribution >= 0.6 is 0 Å². The van der Waals surface area contributed by atoms with E-state index in [2.05, 4.69) is 15.0 Å². The Bertz CT molecular complexity index is 662. The van der Waals surface area contributed by atoms with Crippen molar-refractivity contribution in [2.75, 3.05) is 12.8 Å². The van der Waals surface area contributed by atoms with Gasteiger partial charge in [-0.1, -0.05) is 6.07 Å². The molecule has 2 rings (SSSR count). The maximum Gasteiger partial charge on any atom is 0.410 e. The molecule has 0 aromatic carbocycles. The van der Waals surface area contributed by atoms with Gasteiger partial charge in [0.15, 0.2) is 0 Å². The second-order valence-electron chi connectivity index (χ2n) is 6.22. The minimum Gasteiger partial charge on any atom is -0.444 e. The zero-order chi connectivity index (χ0) is 17.0. The van der Waals surface area contributed by atoms with Crippen molar-refractivity contribution >= 4 is 12.0 Å². The number of carbonyl (C=O) groups excluding carboxylic acids is 1. The second-order valence-corrected chi connectivity index (χ2v) is 6.22. The lowest BCUT2D eigenvalue weighted by atomic mass is 10.2. The lowest BCUT2D eigenvalue weighted by Crippen LogP contribution is -2.33. The number of carbonyl (C=O) groups is 1. The highest BCUT2D eigenvalue weighted by molar-refractivity contribution is 5.67. The molecule has 122 valence electrons. The van der Waals surface area contributed by atoms with Crippen molar-refractivity contribution in [1.82, 2.24) is 19.9 Å². The van der Waals surface area contributed by atoms with E-state index in [-0.39, 0.29) is 12.0 Å². The van der Waals surface area contributed by atoms with Crippen molar-refractivity contribution in [2.24, 2.45) is 0 Å². The van der Waals surface area contributed by atoms with Gasteiger partial charge in [0.25, 0.3) is 0 Å². The van der Waals surface area contributed by atoms with Crippen LogP contribution in [0.4, 0.5) is 10.7 Å². The molecule has 0 spiro atoms. The molecule has 0 saturated carbocycles. The van der Waals surface area contributed by atoms with Gasteiger partial charge >= 0.3 is 6.09 Å². The number of aromatic nitrogens is 3. The van der Waals surface area contributed by atoms with Crippen LogP contribution in [0, 0.1) is 0 Å². The van der Waals surface area contributed by atoms with Gasteiger partial charge in [-0.05, 0) is 32.4 Å². The Morgan fingerprint density at radius 1 is 1.17 bits per heavy atom. The summed E-state index contributed by atoms with van der Waals surface area (Å²) in [6.07, 6.45) is 4.59. The Morgan fingerprint density at radius 2 is 1.83 bits per heavy atom. The van der Waals surface area contributed by atoms with Crippen LogP contribution < -0.4 is 5.73 Å². The summed E-state index contributed by atoms with van der Waals surface area (Å²) in [5.74, 6) is 0.226. The maximum atomic E-state index is 11.9. The summed E-state index contributed by atoms with van der Waals surface area (Å²) in [5.41, 5.74) is 7.38. The van der Waals surface area contributed by atoms with Gasteiger partial charge in [-0.2, -0.15) is 0 Å². The lowest BCUT2D eigenvalue weighted by Gasteiger charge is -2.24. The van der Waals surface area contributed by atoms with E-state index >= 15 is 0 Å². The second kappa shape index (κ2) is 6.60. The molecule has 0 atom stereocenters. The molecule has 0 unspecified atom stereocenters. The number of nitrogen functional groups attached to an aromatic ring is 1. The summed E-state index contributed by atoms with van der Waals surface area (Å²) in [7, 11) is 1.69. The smallest absolute Gasteiger partial charge is 0.410 e. The molecule has 2 aromatic heterocycles. The highest BCUT2D eigenvalue weighted by atomic mass is 16.6. The van der Waals surface area contributed by atoms with Crippen LogP contribution in [-0.4, -0.2) is 38.6 Å². The Labute approximate surface area is 135 Å². The third kappa shape index (κ3) is 4.91. The van der Waals surface area contributed by atoms with Crippen LogP contribution in [-0.2, 0) is 11.3 Å². The molecule has 23 heavy (non-hydrogen) atoms. The van der Waals surface area contributed by atoms with Crippen molar-refractivity contribution in [3.8, 4) is 11.3 Å². The van der Waals surface area contributed by atoms with Gasteiger partial charge in [0.1, 0.15) is 5.60 Å². The van der Waals surface area contributed by atoms with Gasteiger partial charge in [0, 0.05) is 31.2 Å². The fourth-order valence-electron chi connectivity index (χ4n) is 1.84. The predicted octanol–water partition coefficient (Wildman–Crippen LogP) is 2.49. The van der Waals surface area contributed by atoms with E-state index in [1.165, 1.54) is 4.90 Å². The van der Waals surface area contributed by atoms with E-state index in [0.29, 0.717) is 6.54 Å². The first-order chi connectivity index (χ1) is 10.7. The number of amides is 1. The minimum atomic E-state index is -0.511. The molecular weight excluding hydrogens is 294 g/mol. The maximum absolute atomic E-state index is 11.9. The Kier molecular flexibility index (Phi) is 4.78. The molecule has 0 fully saturated rings. The summed E-state index contributed by atoms with van der Waals surface area (Å²) in [6, 6.07) is 3.76. The van der Waals surface area contributed by atoms with Crippen LogP contribution in [0.2, 0.25) is 0 Å². The Morgan fingerprint density at radius 3 is 2.35 bits per heavy atom. The molecular formula is C16H21N5O2. The monoisotopic (exact) mass is 315 g/mol. The molecule has 0 aliphatic carbocycles. The van der Waals surface area contributed by atoms with E-state index in [1.807, 2.05) is 32.9 Å². The minimum absolute atomic E-state index is 0.226. The van der Waals surface area contributed by atoms with E-state index in [0.717, 1.165) is 16.8 Å². The van der Waals surface area contributed by atoms with Crippen molar-refractivity contribution in [1.29, 1.82) is 0 Å². The van der Waals surface area contributed by atoms with E-state index in [4.69, 9.17) is 10.5 Å². The number of nitrogens with two attached hydrogens (primary N) is 1. The first-order valence-corrected chi connectivity index (χ1v) is 7.21. The molecule has 0 aliphatic rings. The topological polar surface area (TPSA) is 94.2 Å². The zero-order valence-corrected chi connectivity index (χ0v) is 13.8. The number of hydrogen-bond acceptors (Lipinski definition) is 6. The molecule has 2 heterocycles. The quantitative estimate of drug-likeness (QED) is 0.935. The number of pyridine rings is 1. The predicted molar refractivity (Wildman–Crippen MR) is 87.4 cm³/mol. The van der Waals surface area contributed by atoms with E-state index in [9.17, 15) is 4.79 Å². The van der Waals surface area contributed by atoms with Crippen molar-refractivity contribution in [3.63, 3.8) is 0 Å². The molecule has 0 aliphatic heterocycles. The van der Waals surface area contributed by atoms with Crippen LogP contribution in [0.1, 0.15) is 26.3 Å². The Balaban J connectivity index is 2.02. The van der Waals surface area contributed by atoms with Crippen molar-refractivity contribution < 1.29 is 9.53 Å². The van der Waals surface area contributed by atoms with Crippen molar-refractivity contribution in [2.45, 2.75) is 32.9 Å². The van der Waals surface area contributed by atoms with Gasteiger partial charge < -0.3 is 15.4 Å². The van der Waals surface area contributed by atoms with Crippen LogP contribution in [0.15, 0.2) is 30.7 Å². The zero-order valence-electron chi connectivity index (χ0n) is 13.8. The molecule has 0 saturated heterocycles. The van der Waals surface area contributed by atoms with Crippen molar-refractivity contribution in [3.05, 3.63) is 36.3 Å². The van der Waals surface area contributed by atoms with E-state index < -0.39 is 5.60 Å². The third-order valence-electron chi connectivity index (χ3n) is 2.92. The number of ether oxygens (including phenoxy) is 1. The molecule has 2 aromatic rings. The van der Waals surface area contributed by atoms with Gasteiger partial charge in [0.2, 0.25) is 5.95 Å². The molecule has 7 heteroatoms. The SMILES string of the molecule is CN(Cc1ccc(-c2cnc(N)nc2)nc1)C(=O)OC(C)(C)C. The Hall–Kier alpha value is -2.70. The van der Waals surface area contributed by atoms with Gasteiger partial charge in [0.05, 0.1) is 12.2 Å². The van der Waals surface area contributed by atoms with Gasteiger partial charge in [-0.15, -0.1) is 0 Å². The average Bonchev–Trinajstić information content (AvgIpc) is 2.47. The molecule has 0 radical (unpaired) electrons. The molecule has 2 N–H and O–H groups in total. The summed E-state index contributed by atoms with van der Waals surface area (Å²) in [6.45, 7) is 5.93. The highest BCUT2D eigenvalue weighted by Crippen LogP contribution is 2.16. The molecule has 1 amide bonds. The highest BCUT2D eigenvalue weighted by Gasteiger charge is 2.19. The third-order valence-corrected chi connectivity index (χ3v) is 2.92. The molecule has 0 bridgehead atoms. The summed E-state index contributed by atoms with van der Waals surface area (Å²) in [4.78, 5) is 25.7. The molecule has 7 nitrogen and oxygen atoms in total. The number of nitrogens with zero attached hydrogens (tertiary/aromatic N) is 4. The first kappa shape index (κ1) is 16.7. The first-order valence-electron chi connectivity index (χ1n) is 7.21. The van der Waals surface area contributed by atoms with Crippen LogP contribution in [0.25, 0.3) is 11.3 Å². The van der Waals surface area contributed by atoms with E-state index in [1.54, 1.807) is 25.6 Å². The van der Waals surface area contributed by atoms with Crippen LogP contribution in [0.3, 0.4) is 0 Å². The number of rotatable bonds is 3. The normalized spacial score (nSPS) is 11.1. The summed E-state index contributed by atoms with van der Waals surface area (Å²) < 4.78 is 5.31. The standard InChI is InChI=1S/C16H21N5O2/c1-16(2,3)23-15(22)21(4)10-11-5-6-13(18-7-11)12-8-19-14(17)20-9-12/h5-9H,10H2,1-4H3,(H2,17,19,20). The number of hydrogen-bond donors (Lipinski definition) is 1. The van der Waals surface area contributed by atoms with Gasteiger partial charge in [-0.25, -0.2) is 14.8 Å². The van der Waals surface area contributed by atoms with Crippen LogP contribution in [0.5, 0.6) is 0 Å². The number of anilines is 1. The summed E-state index contributed by atoms with van der Waals surface area (Å²) >= 11 is 0.